The van der Waals surface area contributed by atoms with Crippen molar-refractivity contribution >= 4 is 8.07 Å². The fourth-order valence-electron chi connectivity index (χ4n) is 0.688. The van der Waals surface area contributed by atoms with Crippen molar-refractivity contribution in [1.82, 2.24) is 4.98 Å². The molecule has 0 saturated carbocycles. The first-order valence-corrected chi connectivity index (χ1v) is 7.52. The molecule has 0 fully saturated rings. The summed E-state index contributed by atoms with van der Waals surface area (Å²) in [7, 11) is -1.24. The maximum atomic E-state index is 4.13. The van der Waals surface area contributed by atoms with Gasteiger partial charge in [0.2, 0.25) is 0 Å². The van der Waals surface area contributed by atoms with E-state index in [0.29, 0.717) is 0 Å². The van der Waals surface area contributed by atoms with Gasteiger partial charge in [0.05, 0.1) is 0 Å². The number of aromatic nitrogens is 1. The fourth-order valence-corrected chi connectivity index (χ4v) is 1.19. The molecule has 12 heavy (non-hydrogen) atoms. The van der Waals surface area contributed by atoms with E-state index in [2.05, 4.69) is 36.1 Å². The maximum Gasteiger partial charge on any atom is 0.129 e. The Morgan fingerprint density at radius 3 is 2.50 bits per heavy atom. The zero-order valence-corrected chi connectivity index (χ0v) is 8.76. The van der Waals surface area contributed by atoms with Gasteiger partial charge in [-0.2, -0.15) is 0 Å². The molecule has 0 atom stereocenters. The van der Waals surface area contributed by atoms with Gasteiger partial charge in [-0.1, -0.05) is 31.6 Å². The number of pyridine rings is 1. The van der Waals surface area contributed by atoms with Gasteiger partial charge in [0, 0.05) is 6.20 Å². The van der Waals surface area contributed by atoms with Gasteiger partial charge >= 0.3 is 0 Å². The number of hydrogen-bond acceptors (Lipinski definition) is 1. The summed E-state index contributed by atoms with van der Waals surface area (Å²) in [5.74, 6) is 3.09. The molecule has 0 aliphatic rings. The highest BCUT2D eigenvalue weighted by Crippen LogP contribution is 1.98. The zero-order chi connectivity index (χ0) is 9.03. The lowest BCUT2D eigenvalue weighted by atomic mass is 10.4. The molecule has 1 rings (SSSR count). The Labute approximate surface area is 74.9 Å². The van der Waals surface area contributed by atoms with Gasteiger partial charge in [-0.25, -0.2) is 4.98 Å². The van der Waals surface area contributed by atoms with Gasteiger partial charge in [0.25, 0.3) is 0 Å². The zero-order valence-electron chi connectivity index (χ0n) is 7.76. The summed E-state index contributed by atoms with van der Waals surface area (Å²) in [6, 6.07) is 5.80. The first-order valence-electron chi connectivity index (χ1n) is 4.02. The minimum Gasteiger partial charge on any atom is -0.248 e. The molecule has 1 nitrogen and oxygen atoms in total. The van der Waals surface area contributed by atoms with Crippen molar-refractivity contribution in [2.45, 2.75) is 19.6 Å². The van der Waals surface area contributed by atoms with Crippen LogP contribution in [-0.2, 0) is 0 Å². The summed E-state index contributed by atoms with van der Waals surface area (Å²) in [4.78, 5) is 4.13. The van der Waals surface area contributed by atoms with Crippen LogP contribution in [-0.4, -0.2) is 13.1 Å². The lowest BCUT2D eigenvalue weighted by molar-refractivity contribution is 1.29. The van der Waals surface area contributed by atoms with Crippen LogP contribution in [0.5, 0.6) is 0 Å². The summed E-state index contributed by atoms with van der Waals surface area (Å²) in [6.07, 6.45) is 1.77. The Morgan fingerprint density at radius 2 is 2.00 bits per heavy atom. The van der Waals surface area contributed by atoms with Gasteiger partial charge < -0.3 is 0 Å². The van der Waals surface area contributed by atoms with Crippen LogP contribution in [0.1, 0.15) is 5.69 Å². The molecule has 0 unspecified atom stereocenters. The molecule has 1 aromatic rings. The normalized spacial score (nSPS) is 10.2. The molecule has 0 N–H and O–H groups in total. The van der Waals surface area contributed by atoms with E-state index < -0.39 is 8.07 Å². The van der Waals surface area contributed by atoms with Crippen LogP contribution < -0.4 is 0 Å². The Balaban J connectivity index is 2.81. The van der Waals surface area contributed by atoms with E-state index in [-0.39, 0.29) is 0 Å². The van der Waals surface area contributed by atoms with E-state index in [9.17, 15) is 0 Å². The highest BCUT2D eigenvalue weighted by Gasteiger charge is 2.07. The van der Waals surface area contributed by atoms with Crippen LogP contribution >= 0.6 is 0 Å². The van der Waals surface area contributed by atoms with Crippen molar-refractivity contribution in [3.05, 3.63) is 30.1 Å². The fraction of sp³-hybridized carbons (Fsp3) is 0.300. The van der Waals surface area contributed by atoms with Gasteiger partial charge in [0.15, 0.2) is 0 Å². The number of hydrogen-bond donors (Lipinski definition) is 0. The van der Waals surface area contributed by atoms with Crippen molar-refractivity contribution in [2.24, 2.45) is 0 Å². The van der Waals surface area contributed by atoms with Crippen molar-refractivity contribution in [1.29, 1.82) is 0 Å². The van der Waals surface area contributed by atoms with Gasteiger partial charge in [-0.15, -0.1) is 5.54 Å². The van der Waals surface area contributed by atoms with Crippen LogP contribution in [0.3, 0.4) is 0 Å². The van der Waals surface area contributed by atoms with Crippen molar-refractivity contribution in [2.75, 3.05) is 0 Å². The Bertz CT molecular complexity index is 300. The van der Waals surface area contributed by atoms with Gasteiger partial charge in [0.1, 0.15) is 13.8 Å². The Morgan fingerprint density at radius 1 is 1.25 bits per heavy atom. The average Bonchev–Trinajstić information content (AvgIpc) is 2.02. The first kappa shape index (κ1) is 9.02. The minimum absolute atomic E-state index is 0.875. The summed E-state index contributed by atoms with van der Waals surface area (Å²) in [5.41, 5.74) is 4.14. The highest BCUT2D eigenvalue weighted by atomic mass is 28.3. The molecular formula is C10H13NSi. The van der Waals surface area contributed by atoms with Crippen LogP contribution in [0.2, 0.25) is 19.6 Å². The Hall–Kier alpha value is -1.07. The smallest absolute Gasteiger partial charge is 0.129 e. The lowest BCUT2D eigenvalue weighted by Crippen LogP contribution is -2.16. The number of rotatable bonds is 0. The summed E-state index contributed by atoms with van der Waals surface area (Å²) in [5, 5.41) is 0. The monoisotopic (exact) mass is 175 g/mol. The SMILES string of the molecule is C[Si](C)(C)C#Cc1ccccn1. The lowest BCUT2D eigenvalue weighted by Gasteiger charge is -2.02. The van der Waals surface area contributed by atoms with Crippen LogP contribution in [0.15, 0.2) is 24.4 Å². The average molecular weight is 175 g/mol. The molecule has 62 valence electrons. The number of nitrogens with zero attached hydrogens (tertiary/aromatic N) is 1. The second-order valence-corrected chi connectivity index (χ2v) is 8.46. The van der Waals surface area contributed by atoms with Gasteiger partial charge in [-0.05, 0) is 12.1 Å². The van der Waals surface area contributed by atoms with Crippen molar-refractivity contribution < 1.29 is 0 Å². The second-order valence-electron chi connectivity index (χ2n) is 3.71. The van der Waals surface area contributed by atoms with Crippen molar-refractivity contribution in [3.63, 3.8) is 0 Å². The summed E-state index contributed by atoms with van der Waals surface area (Å²) in [6.45, 7) is 6.68. The maximum absolute atomic E-state index is 4.13. The third kappa shape index (κ3) is 3.36. The third-order valence-corrected chi connectivity index (χ3v) is 2.11. The standard InChI is InChI=1S/C10H13NSi/c1-12(2,3)9-7-10-6-4-5-8-11-10/h4-6,8H,1-3H3. The van der Waals surface area contributed by atoms with Crippen LogP contribution in [0, 0.1) is 11.5 Å². The molecular weight excluding hydrogens is 162 g/mol. The third-order valence-electron chi connectivity index (χ3n) is 1.23. The van der Waals surface area contributed by atoms with E-state index >= 15 is 0 Å². The molecule has 0 spiro atoms. The second kappa shape index (κ2) is 3.55. The van der Waals surface area contributed by atoms with E-state index in [4.69, 9.17) is 0 Å². The van der Waals surface area contributed by atoms with E-state index in [0.717, 1.165) is 5.69 Å². The van der Waals surface area contributed by atoms with Crippen LogP contribution in [0.25, 0.3) is 0 Å². The predicted molar refractivity (Wildman–Crippen MR) is 54.5 cm³/mol. The molecule has 0 aliphatic carbocycles. The molecule has 0 saturated heterocycles. The molecule has 0 aliphatic heterocycles. The van der Waals surface area contributed by atoms with E-state index in [1.807, 2.05) is 18.2 Å². The molecule has 1 heterocycles. The molecule has 0 aromatic carbocycles. The van der Waals surface area contributed by atoms with E-state index in [1.165, 1.54) is 0 Å². The van der Waals surface area contributed by atoms with Gasteiger partial charge in [-0.3, -0.25) is 0 Å². The summed E-state index contributed by atoms with van der Waals surface area (Å²) >= 11 is 0. The van der Waals surface area contributed by atoms with Crippen LogP contribution in [0.4, 0.5) is 0 Å². The topological polar surface area (TPSA) is 12.9 Å². The largest absolute Gasteiger partial charge is 0.248 e. The minimum atomic E-state index is -1.24. The Kier molecular flexibility index (Phi) is 2.67. The predicted octanol–water partition coefficient (Wildman–Crippen LogP) is 2.31. The van der Waals surface area contributed by atoms with E-state index in [1.54, 1.807) is 6.20 Å². The quantitative estimate of drug-likeness (QED) is 0.435. The summed E-state index contributed by atoms with van der Waals surface area (Å²) < 4.78 is 0. The molecule has 0 radical (unpaired) electrons. The highest BCUT2D eigenvalue weighted by molar-refractivity contribution is 6.83. The molecule has 1 aromatic heterocycles. The molecule has 2 heteroatoms. The van der Waals surface area contributed by atoms with Crippen molar-refractivity contribution in [3.8, 4) is 11.5 Å². The molecule has 0 amide bonds. The molecule has 0 bridgehead atoms. The first-order chi connectivity index (χ1) is 5.58.